The van der Waals surface area contributed by atoms with Gasteiger partial charge in [-0.2, -0.15) is 0 Å². The Kier molecular flexibility index (Phi) is 8.32. The van der Waals surface area contributed by atoms with Crippen molar-refractivity contribution in [2.24, 2.45) is 5.92 Å². The Bertz CT molecular complexity index is 849. The van der Waals surface area contributed by atoms with Crippen LogP contribution in [0.15, 0.2) is 24.3 Å². The molecule has 1 unspecified atom stereocenters. The first-order chi connectivity index (χ1) is 13.5. The van der Waals surface area contributed by atoms with Crippen LogP contribution in [0.2, 0.25) is 0 Å². The molecule has 0 bridgehead atoms. The molecule has 1 N–H and O–H groups in total. The summed E-state index contributed by atoms with van der Waals surface area (Å²) in [7, 11) is 1.34. The molecule has 2 rings (SSSR count). The third kappa shape index (κ3) is 5.99. The topological polar surface area (TPSA) is 66.8 Å². The molecule has 1 aliphatic heterocycles. The van der Waals surface area contributed by atoms with E-state index in [9.17, 15) is 14.7 Å². The fourth-order valence-electron chi connectivity index (χ4n) is 2.80. The Morgan fingerprint density at radius 2 is 2.25 bits per heavy atom. The molecule has 1 aromatic heterocycles. The number of hydrogen-bond acceptors (Lipinski definition) is 5. The van der Waals surface area contributed by atoms with Gasteiger partial charge >= 0.3 is 5.97 Å². The second-order valence-electron chi connectivity index (χ2n) is 6.57. The molecule has 0 aromatic carbocycles. The van der Waals surface area contributed by atoms with E-state index in [4.69, 9.17) is 0 Å². The third-order valence-electron chi connectivity index (χ3n) is 4.54. The number of amides is 1. The van der Waals surface area contributed by atoms with Crippen molar-refractivity contribution in [2.75, 3.05) is 13.7 Å². The standard InChI is InChI=1S/C22H25NO4S/c1-4-5-7-16(2)19(24)12-9-17-10-14-21(25)23(17)15-6-8-18-11-13-20(28-18)22(26)27-3/h9,11-13,16-17,19,24H,7,10,14-15H2,1-3H3/t16-,17?,19+/m0/s1. The zero-order valence-corrected chi connectivity index (χ0v) is 17.2. The van der Waals surface area contributed by atoms with E-state index < -0.39 is 6.10 Å². The molecule has 5 nitrogen and oxygen atoms in total. The normalized spacial score (nSPS) is 18.2. The summed E-state index contributed by atoms with van der Waals surface area (Å²) in [5.41, 5.74) is 0. The van der Waals surface area contributed by atoms with E-state index in [1.54, 1.807) is 30.0 Å². The molecule has 0 radical (unpaired) electrons. The van der Waals surface area contributed by atoms with Crippen molar-refractivity contribution in [3.8, 4) is 23.7 Å². The van der Waals surface area contributed by atoms with Gasteiger partial charge in [-0.15, -0.1) is 23.2 Å². The molecule has 1 saturated heterocycles. The summed E-state index contributed by atoms with van der Waals surface area (Å²) in [5, 5.41) is 10.2. The number of methoxy groups -OCH3 is 1. The molecule has 28 heavy (non-hydrogen) atoms. The van der Waals surface area contributed by atoms with E-state index >= 15 is 0 Å². The summed E-state index contributed by atoms with van der Waals surface area (Å²) in [4.78, 5) is 26.6. The van der Waals surface area contributed by atoms with E-state index in [1.807, 2.05) is 13.0 Å². The molecule has 1 aromatic rings. The van der Waals surface area contributed by atoms with Crippen molar-refractivity contribution >= 4 is 23.2 Å². The number of rotatable bonds is 6. The fourth-order valence-corrected chi connectivity index (χ4v) is 3.60. The maximum Gasteiger partial charge on any atom is 0.348 e. The number of aliphatic hydroxyl groups is 1. The van der Waals surface area contributed by atoms with Gasteiger partial charge in [-0.3, -0.25) is 4.79 Å². The van der Waals surface area contributed by atoms with Gasteiger partial charge in [-0.25, -0.2) is 4.79 Å². The van der Waals surface area contributed by atoms with Crippen LogP contribution >= 0.6 is 11.3 Å². The molecule has 0 saturated carbocycles. The largest absolute Gasteiger partial charge is 0.465 e. The van der Waals surface area contributed by atoms with Gasteiger partial charge in [0, 0.05) is 12.8 Å². The molecule has 0 aliphatic carbocycles. The number of ether oxygens (including phenoxy) is 1. The van der Waals surface area contributed by atoms with E-state index in [1.165, 1.54) is 18.4 Å². The predicted molar refractivity (Wildman–Crippen MR) is 110 cm³/mol. The molecular formula is C22H25NO4S. The van der Waals surface area contributed by atoms with Gasteiger partial charge in [0.25, 0.3) is 0 Å². The summed E-state index contributed by atoms with van der Waals surface area (Å²) in [5.74, 6) is 11.5. The monoisotopic (exact) mass is 399 g/mol. The Morgan fingerprint density at radius 1 is 1.46 bits per heavy atom. The zero-order valence-electron chi connectivity index (χ0n) is 16.4. The number of nitrogens with zero attached hydrogens (tertiary/aromatic N) is 1. The summed E-state index contributed by atoms with van der Waals surface area (Å²) in [6.07, 6.45) is 4.90. The van der Waals surface area contributed by atoms with Crippen molar-refractivity contribution in [3.05, 3.63) is 34.0 Å². The number of carbonyl (C=O) groups excluding carboxylic acids is 2. The van der Waals surface area contributed by atoms with Crippen molar-refractivity contribution in [1.82, 2.24) is 4.90 Å². The van der Waals surface area contributed by atoms with Crippen LogP contribution in [0.1, 0.15) is 47.7 Å². The minimum atomic E-state index is -0.590. The van der Waals surface area contributed by atoms with Gasteiger partial charge in [0.05, 0.1) is 30.7 Å². The lowest BCUT2D eigenvalue weighted by Crippen LogP contribution is -2.32. The van der Waals surface area contributed by atoms with E-state index in [0.717, 1.165) is 11.3 Å². The van der Waals surface area contributed by atoms with Gasteiger partial charge in [0.15, 0.2) is 0 Å². The Labute approximate surface area is 170 Å². The maximum atomic E-state index is 12.2. The van der Waals surface area contributed by atoms with Crippen LogP contribution in [0, 0.1) is 29.6 Å². The SMILES string of the molecule is CC#CC[C@H](C)[C@H](O)C=CC1CCC(=O)N1CC#Cc1ccc(C(=O)OC)s1. The van der Waals surface area contributed by atoms with Gasteiger partial charge < -0.3 is 14.7 Å². The highest BCUT2D eigenvalue weighted by molar-refractivity contribution is 7.14. The minimum absolute atomic E-state index is 0.0388. The highest BCUT2D eigenvalue weighted by Gasteiger charge is 2.28. The summed E-state index contributed by atoms with van der Waals surface area (Å²) < 4.78 is 4.68. The lowest BCUT2D eigenvalue weighted by atomic mass is 10.00. The van der Waals surface area contributed by atoms with Gasteiger partial charge in [0.2, 0.25) is 5.91 Å². The molecule has 6 heteroatoms. The quantitative estimate of drug-likeness (QED) is 0.454. The maximum absolute atomic E-state index is 12.2. The number of aliphatic hydroxyl groups excluding tert-OH is 1. The summed E-state index contributed by atoms with van der Waals surface area (Å²) in [6.45, 7) is 4.04. The van der Waals surface area contributed by atoms with E-state index in [-0.39, 0.29) is 23.8 Å². The average molecular weight is 400 g/mol. The van der Waals surface area contributed by atoms with Crippen LogP contribution < -0.4 is 0 Å². The Morgan fingerprint density at radius 3 is 2.96 bits per heavy atom. The van der Waals surface area contributed by atoms with Crippen molar-refractivity contribution < 1.29 is 19.4 Å². The smallest absolute Gasteiger partial charge is 0.348 e. The third-order valence-corrected chi connectivity index (χ3v) is 5.52. The first kappa shape index (κ1) is 21.8. The first-order valence-corrected chi connectivity index (χ1v) is 10.0. The molecule has 3 atom stereocenters. The number of thiophene rings is 1. The molecule has 2 heterocycles. The molecule has 1 fully saturated rings. The molecule has 148 valence electrons. The van der Waals surface area contributed by atoms with Crippen molar-refractivity contribution in [2.45, 2.75) is 45.3 Å². The van der Waals surface area contributed by atoms with Crippen molar-refractivity contribution in [3.63, 3.8) is 0 Å². The van der Waals surface area contributed by atoms with E-state index in [2.05, 4.69) is 28.4 Å². The van der Waals surface area contributed by atoms with Crippen LogP contribution in [-0.4, -0.2) is 47.7 Å². The average Bonchev–Trinajstić information content (AvgIpc) is 3.31. The highest BCUT2D eigenvalue weighted by Crippen LogP contribution is 2.21. The number of carbonyl (C=O) groups is 2. The second kappa shape index (κ2) is 10.7. The van der Waals surface area contributed by atoms with Crippen molar-refractivity contribution in [1.29, 1.82) is 0 Å². The van der Waals surface area contributed by atoms with Crippen LogP contribution in [0.3, 0.4) is 0 Å². The number of likely N-dealkylation sites (tertiary alicyclic amines) is 1. The predicted octanol–water partition coefficient (Wildman–Crippen LogP) is 2.84. The minimum Gasteiger partial charge on any atom is -0.465 e. The number of esters is 1. The first-order valence-electron chi connectivity index (χ1n) is 9.18. The molecule has 0 spiro atoms. The highest BCUT2D eigenvalue weighted by atomic mass is 32.1. The lowest BCUT2D eigenvalue weighted by molar-refractivity contribution is -0.127. The van der Waals surface area contributed by atoms with Crippen LogP contribution in [0.25, 0.3) is 0 Å². The van der Waals surface area contributed by atoms with Gasteiger partial charge in [0.1, 0.15) is 4.88 Å². The Balaban J connectivity index is 1.97. The molecular weight excluding hydrogens is 374 g/mol. The summed E-state index contributed by atoms with van der Waals surface area (Å²) in [6, 6.07) is 3.39. The summed E-state index contributed by atoms with van der Waals surface area (Å²) >= 11 is 1.26. The van der Waals surface area contributed by atoms with Crippen LogP contribution in [0.4, 0.5) is 0 Å². The van der Waals surface area contributed by atoms with Crippen LogP contribution in [-0.2, 0) is 9.53 Å². The van der Waals surface area contributed by atoms with Gasteiger partial charge in [-0.05, 0) is 31.4 Å². The zero-order chi connectivity index (χ0) is 20.5. The van der Waals surface area contributed by atoms with Gasteiger partial charge in [-0.1, -0.05) is 30.9 Å². The Hall–Kier alpha value is -2.54. The molecule has 1 amide bonds. The van der Waals surface area contributed by atoms with E-state index in [0.29, 0.717) is 24.3 Å². The van der Waals surface area contributed by atoms with Crippen LogP contribution in [0.5, 0.6) is 0 Å². The molecule has 1 aliphatic rings. The number of hydrogen-bond donors (Lipinski definition) is 1. The lowest BCUT2D eigenvalue weighted by Gasteiger charge is -2.20. The fraction of sp³-hybridized carbons (Fsp3) is 0.455. The second-order valence-corrected chi connectivity index (χ2v) is 7.65.